The molecule has 0 saturated carbocycles. The molecule has 1 fully saturated rings. The highest BCUT2D eigenvalue weighted by Crippen LogP contribution is 2.52. The Bertz CT molecular complexity index is 1440. The first-order valence-electron chi connectivity index (χ1n) is 15.1. The van der Waals surface area contributed by atoms with Gasteiger partial charge in [0, 0.05) is 75.3 Å². The minimum absolute atomic E-state index is 0.0769. The van der Waals surface area contributed by atoms with Crippen LogP contribution in [-0.2, 0) is 15.0 Å². The molecule has 5 rings (SSSR count). The smallest absolute Gasteiger partial charge is 0.318 e. The highest BCUT2D eigenvalue weighted by Gasteiger charge is 2.49. The lowest BCUT2D eigenvalue weighted by molar-refractivity contribution is -0.136. The van der Waals surface area contributed by atoms with E-state index in [1.807, 2.05) is 69.4 Å². The number of rotatable bonds is 8. The fourth-order valence-electron chi connectivity index (χ4n) is 7.09. The Morgan fingerprint density at radius 2 is 1.79 bits per heavy atom. The molecule has 4 N–H and O–H groups in total. The Balaban J connectivity index is 1.39. The number of urea groups is 1. The van der Waals surface area contributed by atoms with Crippen LogP contribution >= 0.6 is 0 Å². The summed E-state index contributed by atoms with van der Waals surface area (Å²) in [5.74, 6) is -0.368. The Hall–Kier alpha value is -3.85. The highest BCUT2D eigenvalue weighted by molar-refractivity contribution is 5.90. The maximum Gasteiger partial charge on any atom is 0.318 e. The number of piperidine rings is 1. The van der Waals surface area contributed by atoms with Crippen molar-refractivity contribution in [3.05, 3.63) is 71.4 Å². The number of aromatic nitrogens is 1. The van der Waals surface area contributed by atoms with Gasteiger partial charge in [-0.2, -0.15) is 0 Å². The van der Waals surface area contributed by atoms with Crippen LogP contribution < -0.4 is 11.1 Å². The van der Waals surface area contributed by atoms with E-state index < -0.39 is 6.04 Å². The normalized spacial score (nSPS) is 18.9. The van der Waals surface area contributed by atoms with E-state index in [1.165, 1.54) is 5.56 Å². The summed E-state index contributed by atoms with van der Waals surface area (Å²) in [6.07, 6.45) is 4.27. The van der Waals surface area contributed by atoms with Crippen molar-refractivity contribution in [2.24, 2.45) is 5.73 Å². The number of nitrogens with one attached hydrogen (secondary N) is 2. The Morgan fingerprint density at radius 3 is 2.48 bits per heavy atom. The summed E-state index contributed by atoms with van der Waals surface area (Å²) in [7, 11) is 3.63. The van der Waals surface area contributed by atoms with Gasteiger partial charge >= 0.3 is 6.03 Å². The highest BCUT2D eigenvalue weighted by atomic mass is 16.2. The molecule has 224 valence electrons. The van der Waals surface area contributed by atoms with Crippen LogP contribution in [0, 0.1) is 0 Å². The van der Waals surface area contributed by atoms with Crippen LogP contribution in [0.15, 0.2) is 54.7 Å². The van der Waals surface area contributed by atoms with Gasteiger partial charge in [0.2, 0.25) is 11.8 Å². The molecule has 2 aromatic carbocycles. The first kappa shape index (κ1) is 29.6. The standard InChI is InChI=1S/C33H44N6O3/c1-5-38(19-16-34)32(42)36-29(22(2)26-21-35-28-13-9-7-11-24(26)28)31(41)39-17-14-33(15-18-39)20-25(30(40)37(3)4)23-10-6-8-12-27(23)33/h6-13,21-22,25,29,35H,5,14-20,34H2,1-4H3,(H,36,42)/t22-,25-,29-/m1/s1. The lowest BCUT2D eigenvalue weighted by Crippen LogP contribution is -2.56. The zero-order valence-corrected chi connectivity index (χ0v) is 25.2. The zero-order chi connectivity index (χ0) is 30.0. The number of carbonyl (C=O) groups excluding carboxylic acids is 3. The van der Waals surface area contributed by atoms with Crippen molar-refractivity contribution in [1.29, 1.82) is 0 Å². The lowest BCUT2D eigenvalue weighted by Gasteiger charge is -2.42. The van der Waals surface area contributed by atoms with Crippen LogP contribution in [0.1, 0.15) is 61.6 Å². The number of nitrogens with zero attached hydrogens (tertiary/aromatic N) is 3. The maximum atomic E-state index is 14.3. The number of para-hydroxylation sites is 1. The molecule has 9 heteroatoms. The molecular formula is C33H44N6O3. The number of amides is 4. The first-order valence-corrected chi connectivity index (χ1v) is 15.1. The summed E-state index contributed by atoms with van der Waals surface area (Å²) in [6.45, 7) is 6.34. The van der Waals surface area contributed by atoms with Crippen molar-refractivity contribution in [2.75, 3.05) is 46.8 Å². The second-order valence-corrected chi connectivity index (χ2v) is 12.1. The molecule has 1 aliphatic carbocycles. The summed E-state index contributed by atoms with van der Waals surface area (Å²) < 4.78 is 0. The van der Waals surface area contributed by atoms with E-state index in [0.29, 0.717) is 32.7 Å². The molecule has 0 unspecified atom stereocenters. The van der Waals surface area contributed by atoms with Crippen LogP contribution in [-0.4, -0.2) is 90.4 Å². The van der Waals surface area contributed by atoms with E-state index >= 15 is 0 Å². The van der Waals surface area contributed by atoms with Gasteiger partial charge in [0.1, 0.15) is 6.04 Å². The third kappa shape index (κ3) is 5.38. The Labute approximate surface area is 248 Å². The molecule has 9 nitrogen and oxygen atoms in total. The third-order valence-corrected chi connectivity index (χ3v) is 9.50. The number of carbonyl (C=O) groups is 3. The van der Waals surface area contributed by atoms with Gasteiger partial charge in [0.25, 0.3) is 0 Å². The number of likely N-dealkylation sites (N-methyl/N-ethyl adjacent to an activating group) is 2. The van der Waals surface area contributed by atoms with Gasteiger partial charge in [0.15, 0.2) is 0 Å². The van der Waals surface area contributed by atoms with Gasteiger partial charge in [-0.1, -0.05) is 49.4 Å². The van der Waals surface area contributed by atoms with E-state index in [0.717, 1.165) is 41.3 Å². The minimum atomic E-state index is -0.739. The van der Waals surface area contributed by atoms with E-state index in [4.69, 9.17) is 5.73 Å². The third-order valence-electron chi connectivity index (χ3n) is 9.50. The number of benzene rings is 2. The summed E-state index contributed by atoms with van der Waals surface area (Å²) in [6, 6.07) is 15.3. The molecule has 42 heavy (non-hydrogen) atoms. The lowest BCUT2D eigenvalue weighted by atomic mass is 9.73. The molecule has 2 aliphatic rings. The summed E-state index contributed by atoms with van der Waals surface area (Å²) in [4.78, 5) is 49.3. The van der Waals surface area contributed by atoms with Crippen molar-refractivity contribution in [1.82, 2.24) is 25.0 Å². The van der Waals surface area contributed by atoms with Gasteiger partial charge < -0.3 is 30.7 Å². The molecule has 2 heterocycles. The van der Waals surface area contributed by atoms with Gasteiger partial charge in [-0.15, -0.1) is 0 Å². The van der Waals surface area contributed by atoms with Gasteiger partial charge in [-0.3, -0.25) is 9.59 Å². The molecule has 1 aliphatic heterocycles. The molecule has 0 bridgehead atoms. The van der Waals surface area contributed by atoms with Crippen molar-refractivity contribution >= 4 is 28.7 Å². The molecule has 3 atom stereocenters. The molecule has 4 amide bonds. The average Bonchev–Trinajstić information content (AvgIpc) is 3.58. The predicted molar refractivity (Wildman–Crippen MR) is 165 cm³/mol. The summed E-state index contributed by atoms with van der Waals surface area (Å²) in [5, 5.41) is 4.13. The fraction of sp³-hybridized carbons (Fsp3) is 0.485. The number of fused-ring (bicyclic) bond motifs is 3. The zero-order valence-electron chi connectivity index (χ0n) is 25.2. The number of aromatic amines is 1. The van der Waals surface area contributed by atoms with Crippen molar-refractivity contribution in [2.45, 2.75) is 56.4 Å². The quantitative estimate of drug-likeness (QED) is 0.381. The number of hydrogen-bond acceptors (Lipinski definition) is 4. The molecule has 0 radical (unpaired) electrons. The van der Waals surface area contributed by atoms with Gasteiger partial charge in [-0.25, -0.2) is 4.79 Å². The molecule has 3 aromatic rings. The van der Waals surface area contributed by atoms with Crippen LogP contribution in [0.25, 0.3) is 10.9 Å². The van der Waals surface area contributed by atoms with Crippen LogP contribution in [0.5, 0.6) is 0 Å². The fourth-order valence-corrected chi connectivity index (χ4v) is 7.09. The first-order chi connectivity index (χ1) is 20.2. The monoisotopic (exact) mass is 572 g/mol. The van der Waals surface area contributed by atoms with Crippen LogP contribution in [0.2, 0.25) is 0 Å². The van der Waals surface area contributed by atoms with Crippen LogP contribution in [0.3, 0.4) is 0 Å². The van der Waals surface area contributed by atoms with Gasteiger partial charge in [-0.05, 0) is 48.9 Å². The van der Waals surface area contributed by atoms with Gasteiger partial charge in [0.05, 0.1) is 5.92 Å². The largest absolute Gasteiger partial charge is 0.361 e. The van der Waals surface area contributed by atoms with Crippen molar-refractivity contribution in [3.8, 4) is 0 Å². The second kappa shape index (κ2) is 12.2. The molecule has 1 aromatic heterocycles. The number of H-pyrrole nitrogens is 1. The summed E-state index contributed by atoms with van der Waals surface area (Å²) in [5.41, 5.74) is 9.98. The maximum absolute atomic E-state index is 14.3. The SMILES string of the molecule is CCN(CCN)C(=O)N[C@@H](C(=O)N1CCC2(CC1)C[C@@H](C(=O)N(C)C)c1ccccc12)[C@H](C)c1c[nH]c2ccccc12. The molecule has 1 saturated heterocycles. The van der Waals surface area contributed by atoms with E-state index in [-0.39, 0.29) is 35.1 Å². The topological polar surface area (TPSA) is 115 Å². The number of nitrogens with two attached hydrogens (primary N) is 1. The Morgan fingerprint density at radius 1 is 1.10 bits per heavy atom. The van der Waals surface area contributed by atoms with Crippen molar-refractivity contribution in [3.63, 3.8) is 0 Å². The average molecular weight is 573 g/mol. The number of likely N-dealkylation sites (tertiary alicyclic amines) is 1. The molecule has 1 spiro atoms. The predicted octanol–water partition coefficient (Wildman–Crippen LogP) is 3.77. The van der Waals surface area contributed by atoms with Crippen molar-refractivity contribution < 1.29 is 14.4 Å². The van der Waals surface area contributed by atoms with E-state index in [9.17, 15) is 14.4 Å². The summed E-state index contributed by atoms with van der Waals surface area (Å²) >= 11 is 0. The molecular weight excluding hydrogens is 528 g/mol. The van der Waals surface area contributed by atoms with E-state index in [2.05, 4.69) is 28.5 Å². The Kier molecular flexibility index (Phi) is 8.59. The number of hydrogen-bond donors (Lipinski definition) is 3. The van der Waals surface area contributed by atoms with Crippen LogP contribution in [0.4, 0.5) is 4.79 Å². The minimum Gasteiger partial charge on any atom is -0.361 e. The van der Waals surface area contributed by atoms with E-state index in [1.54, 1.807) is 9.80 Å². The second-order valence-electron chi connectivity index (χ2n) is 12.1.